The molecule has 0 unspecified atom stereocenters. The summed E-state index contributed by atoms with van der Waals surface area (Å²) in [5, 5.41) is 15.1. The molecule has 0 atom stereocenters. The van der Waals surface area contributed by atoms with Gasteiger partial charge in [-0.2, -0.15) is 0 Å². The van der Waals surface area contributed by atoms with Crippen molar-refractivity contribution >= 4 is 33.4 Å². The largest absolute Gasteiger partial charge is 0.507 e. The van der Waals surface area contributed by atoms with Gasteiger partial charge in [0.15, 0.2) is 5.78 Å². The monoisotopic (exact) mass is 234 g/mol. The molecule has 0 amide bonds. The van der Waals surface area contributed by atoms with E-state index in [1.54, 1.807) is 12.1 Å². The molecule has 0 heterocycles. The third-order valence-electron chi connectivity index (χ3n) is 3.67. The number of phenolic OH excluding ortho intramolecular Hbond substituents is 1. The molecular formula is C16H10O2. The van der Waals surface area contributed by atoms with Crippen molar-refractivity contribution in [1.82, 2.24) is 0 Å². The zero-order chi connectivity index (χ0) is 12.3. The molecule has 1 aliphatic rings. The van der Waals surface area contributed by atoms with Crippen LogP contribution in [0.4, 0.5) is 0 Å². The Hall–Kier alpha value is -2.35. The molecule has 4 rings (SSSR count). The van der Waals surface area contributed by atoms with Gasteiger partial charge in [-0.25, -0.2) is 0 Å². The first-order chi connectivity index (χ1) is 8.74. The number of Topliss-reactive ketones (excluding diaryl/α,β-unsaturated/α-hetero) is 1. The molecular weight excluding hydrogens is 224 g/mol. The van der Waals surface area contributed by atoms with Crippen LogP contribution in [0.1, 0.15) is 5.56 Å². The highest BCUT2D eigenvalue weighted by atomic mass is 16.3. The average Bonchev–Trinajstić information content (AvgIpc) is 2.36. The van der Waals surface area contributed by atoms with Crippen molar-refractivity contribution in [2.45, 2.75) is 6.42 Å². The van der Waals surface area contributed by atoms with Gasteiger partial charge in [-0.05, 0) is 39.3 Å². The average molecular weight is 234 g/mol. The highest BCUT2D eigenvalue weighted by Crippen LogP contribution is 2.31. The lowest BCUT2D eigenvalue weighted by Crippen LogP contribution is -2.17. The van der Waals surface area contributed by atoms with E-state index in [9.17, 15) is 9.90 Å². The maximum absolute atomic E-state index is 11.7. The van der Waals surface area contributed by atoms with Gasteiger partial charge in [-0.3, -0.25) is 4.79 Å². The van der Waals surface area contributed by atoms with Crippen molar-refractivity contribution in [2.75, 3.05) is 0 Å². The third kappa shape index (κ3) is 1.10. The Morgan fingerprint density at radius 2 is 1.83 bits per heavy atom. The van der Waals surface area contributed by atoms with Crippen LogP contribution in [0, 0.1) is 0 Å². The Balaban J connectivity index is 2.43. The van der Waals surface area contributed by atoms with Crippen LogP contribution in [0.3, 0.4) is 0 Å². The molecule has 0 aliphatic heterocycles. The number of phenols is 1. The first-order valence-corrected chi connectivity index (χ1v) is 5.94. The lowest BCUT2D eigenvalue weighted by Gasteiger charge is -2.15. The van der Waals surface area contributed by atoms with Gasteiger partial charge in [-0.15, -0.1) is 0 Å². The maximum Gasteiger partial charge on any atom is 0.160 e. The number of aromatic hydroxyl groups is 1. The van der Waals surface area contributed by atoms with Crippen LogP contribution < -0.4 is 5.22 Å². The summed E-state index contributed by atoms with van der Waals surface area (Å²) >= 11 is 0. The molecule has 18 heavy (non-hydrogen) atoms. The Labute approximate surface area is 103 Å². The molecule has 0 saturated carbocycles. The molecule has 0 bridgehead atoms. The maximum atomic E-state index is 11.7. The Morgan fingerprint density at radius 3 is 2.72 bits per heavy atom. The molecule has 2 heteroatoms. The second kappa shape index (κ2) is 3.10. The summed E-state index contributed by atoms with van der Waals surface area (Å²) in [7, 11) is 0. The molecule has 3 aromatic carbocycles. The minimum Gasteiger partial charge on any atom is -0.507 e. The first kappa shape index (κ1) is 9.66. The summed E-state index contributed by atoms with van der Waals surface area (Å²) < 4.78 is 0. The molecule has 0 fully saturated rings. The van der Waals surface area contributed by atoms with E-state index in [0.717, 1.165) is 27.1 Å². The third-order valence-corrected chi connectivity index (χ3v) is 3.67. The van der Waals surface area contributed by atoms with Crippen molar-refractivity contribution in [3.05, 3.63) is 47.2 Å². The van der Waals surface area contributed by atoms with Gasteiger partial charge in [0.1, 0.15) is 5.75 Å². The van der Waals surface area contributed by atoms with Crippen LogP contribution in [0.25, 0.3) is 27.6 Å². The van der Waals surface area contributed by atoms with Crippen LogP contribution >= 0.6 is 0 Å². The van der Waals surface area contributed by atoms with E-state index in [4.69, 9.17) is 0 Å². The Bertz CT molecular complexity index is 875. The number of benzene rings is 3. The summed E-state index contributed by atoms with van der Waals surface area (Å²) in [6, 6.07) is 11.8. The van der Waals surface area contributed by atoms with Gasteiger partial charge in [0.25, 0.3) is 0 Å². The predicted molar refractivity (Wildman–Crippen MR) is 71.5 cm³/mol. The second-order valence-corrected chi connectivity index (χ2v) is 4.78. The molecule has 3 aromatic rings. The molecule has 2 nitrogen and oxygen atoms in total. The van der Waals surface area contributed by atoms with Crippen molar-refractivity contribution in [2.24, 2.45) is 0 Å². The fraction of sp³-hybridized carbons (Fsp3) is 0.0625. The van der Waals surface area contributed by atoms with Gasteiger partial charge in [0.2, 0.25) is 0 Å². The molecule has 0 radical (unpaired) electrons. The van der Waals surface area contributed by atoms with Gasteiger partial charge in [0.05, 0.1) is 0 Å². The van der Waals surface area contributed by atoms with E-state index in [-0.39, 0.29) is 11.5 Å². The zero-order valence-corrected chi connectivity index (χ0v) is 9.60. The van der Waals surface area contributed by atoms with Crippen molar-refractivity contribution in [1.29, 1.82) is 0 Å². The van der Waals surface area contributed by atoms with Crippen LogP contribution in [0.5, 0.6) is 5.75 Å². The normalized spacial score (nSPS) is 14.1. The Kier molecular flexibility index (Phi) is 1.67. The minimum atomic E-state index is 0.0520. The summed E-state index contributed by atoms with van der Waals surface area (Å²) in [6.45, 7) is 0. The highest BCUT2D eigenvalue weighted by molar-refractivity contribution is 6.19. The molecule has 0 saturated heterocycles. The van der Waals surface area contributed by atoms with Gasteiger partial charge >= 0.3 is 0 Å². The van der Waals surface area contributed by atoms with Crippen LogP contribution in [0.2, 0.25) is 0 Å². The molecule has 1 aliphatic carbocycles. The number of ketones is 1. The van der Waals surface area contributed by atoms with E-state index in [0.29, 0.717) is 11.6 Å². The predicted octanol–water partition coefficient (Wildman–Crippen LogP) is 2.32. The Morgan fingerprint density at radius 1 is 1.00 bits per heavy atom. The molecule has 0 aromatic heterocycles. The molecule has 0 spiro atoms. The zero-order valence-electron chi connectivity index (χ0n) is 9.60. The summed E-state index contributed by atoms with van der Waals surface area (Å²) in [5.41, 5.74) is 1.01. The lowest BCUT2D eigenvalue weighted by molar-refractivity contribution is -0.112. The fourth-order valence-electron chi connectivity index (χ4n) is 2.92. The fourth-order valence-corrected chi connectivity index (χ4v) is 2.92. The first-order valence-electron chi connectivity index (χ1n) is 5.94. The smallest absolute Gasteiger partial charge is 0.160 e. The van der Waals surface area contributed by atoms with E-state index in [1.807, 2.05) is 24.3 Å². The standard InChI is InChI=1S/C16H10O2/c17-12-6-11-5-4-9-2-1-3-10-7-14(18)13(8-12)16(11)15(9)10/h1-5,7-8,18H,6H2. The van der Waals surface area contributed by atoms with Crippen molar-refractivity contribution < 1.29 is 9.90 Å². The second-order valence-electron chi connectivity index (χ2n) is 4.78. The van der Waals surface area contributed by atoms with Crippen LogP contribution in [0.15, 0.2) is 36.4 Å². The lowest BCUT2D eigenvalue weighted by atomic mass is 9.89. The summed E-state index contributed by atoms with van der Waals surface area (Å²) in [4.78, 5) is 11.7. The van der Waals surface area contributed by atoms with E-state index < -0.39 is 0 Å². The number of carbonyl (C=O) groups excluding carboxylic acids is 1. The molecule has 86 valence electrons. The summed E-state index contributed by atoms with van der Waals surface area (Å²) in [5.74, 6) is 0.242. The number of hydrogen-bond donors (Lipinski definition) is 1. The SMILES string of the molecule is O=C1C=c2c(O)cc3cccc4ccc(c2c43)C1. The van der Waals surface area contributed by atoms with Gasteiger partial charge < -0.3 is 5.11 Å². The van der Waals surface area contributed by atoms with Gasteiger partial charge in [-0.1, -0.05) is 30.3 Å². The quantitative estimate of drug-likeness (QED) is 0.648. The topological polar surface area (TPSA) is 37.3 Å². The van der Waals surface area contributed by atoms with E-state index >= 15 is 0 Å². The van der Waals surface area contributed by atoms with E-state index in [1.165, 1.54) is 0 Å². The van der Waals surface area contributed by atoms with Crippen LogP contribution in [-0.2, 0) is 11.2 Å². The van der Waals surface area contributed by atoms with Crippen molar-refractivity contribution in [3.8, 4) is 5.75 Å². The number of carbonyl (C=O) groups is 1. The number of hydrogen-bond acceptors (Lipinski definition) is 2. The van der Waals surface area contributed by atoms with Crippen LogP contribution in [-0.4, -0.2) is 10.9 Å². The summed E-state index contributed by atoms with van der Waals surface area (Å²) in [6.07, 6.45) is 1.99. The van der Waals surface area contributed by atoms with Gasteiger partial charge in [0, 0.05) is 11.6 Å². The highest BCUT2D eigenvalue weighted by Gasteiger charge is 2.16. The number of rotatable bonds is 0. The minimum absolute atomic E-state index is 0.0520. The van der Waals surface area contributed by atoms with E-state index in [2.05, 4.69) is 6.07 Å². The molecule has 1 N–H and O–H groups in total. The van der Waals surface area contributed by atoms with Crippen molar-refractivity contribution in [3.63, 3.8) is 0 Å².